The largest absolute Gasteiger partial charge is 1.00 e. The van der Waals surface area contributed by atoms with Crippen molar-refractivity contribution >= 4 is 11.7 Å². The summed E-state index contributed by atoms with van der Waals surface area (Å²) < 4.78 is 4.92. The Bertz CT molecular complexity index is 438. The Morgan fingerprint density at radius 2 is 2.12 bits per heavy atom. The van der Waals surface area contributed by atoms with Gasteiger partial charge in [-0.2, -0.15) is 0 Å². The van der Waals surface area contributed by atoms with Crippen LogP contribution in [0.3, 0.4) is 0 Å². The van der Waals surface area contributed by atoms with E-state index in [1.807, 2.05) is 0 Å². The van der Waals surface area contributed by atoms with E-state index in [-0.39, 0.29) is 30.3 Å². The zero-order valence-electron chi connectivity index (χ0n) is 8.81. The first-order valence-corrected chi connectivity index (χ1v) is 4.40. The molecule has 0 unspecified atom stereocenters. The molecule has 0 fully saturated rings. The van der Waals surface area contributed by atoms with Crippen molar-refractivity contribution in [2.75, 3.05) is 6.61 Å². The number of hydrogen-bond acceptors (Lipinski definition) is 3. The second-order valence-electron chi connectivity index (χ2n) is 3.15. The first-order chi connectivity index (χ1) is 7.15. The van der Waals surface area contributed by atoms with Crippen LogP contribution in [0.4, 0.5) is 5.69 Å². The van der Waals surface area contributed by atoms with Crippen LogP contribution in [0.1, 0.15) is 17.3 Å². The molecule has 1 rings (SSSR count). The van der Waals surface area contributed by atoms with Gasteiger partial charge in [0, 0.05) is 6.07 Å². The number of rotatable bonds is 3. The summed E-state index contributed by atoms with van der Waals surface area (Å²) in [5.41, 5.74) is 1.19. The van der Waals surface area contributed by atoms with Gasteiger partial charge >= 0.3 is 11.7 Å². The van der Waals surface area contributed by atoms with Crippen molar-refractivity contribution < 1.29 is 21.9 Å². The molecule has 16 heavy (non-hydrogen) atoms. The molecular weight excluding hydrogens is 228 g/mol. The van der Waals surface area contributed by atoms with Crippen molar-refractivity contribution in [1.29, 1.82) is 5.39 Å². The fraction of sp³-hybridized carbons (Fsp3) is 0.182. The average molecular weight is 239 g/mol. The lowest BCUT2D eigenvalue weighted by atomic mass is 10.2. The fourth-order valence-corrected chi connectivity index (χ4v) is 1.000. The molecule has 1 aromatic carbocycles. The molecule has 84 valence electrons. The van der Waals surface area contributed by atoms with Crippen molar-refractivity contribution in [1.82, 2.24) is 0 Å². The second kappa shape index (κ2) is 6.59. The Labute approximate surface area is 100.0 Å². The topological polar surface area (TPSA) is 54.5 Å². The summed E-state index contributed by atoms with van der Waals surface area (Å²) in [5, 5.41) is 8.64. The van der Waals surface area contributed by atoms with E-state index in [0.29, 0.717) is 0 Å². The predicted octanol–water partition coefficient (Wildman–Crippen LogP) is -0.0919. The third-order valence-corrected chi connectivity index (χ3v) is 1.68. The van der Waals surface area contributed by atoms with Crippen LogP contribution < -0.4 is 12.4 Å². The van der Waals surface area contributed by atoms with Gasteiger partial charge in [-0.05, 0) is 18.6 Å². The standard InChI is InChI=1S/C11H11N2O2.ClH/c1-8(2)7-15-11(14)9-5-3-4-6-10(9)13-12;/h3-6H,1,7H2,2H3;1H/q+1;/p-1. The quantitative estimate of drug-likeness (QED) is 0.420. The number of ether oxygens (including phenoxy) is 1. The highest BCUT2D eigenvalue weighted by atomic mass is 35.5. The van der Waals surface area contributed by atoms with Gasteiger partial charge in [0.15, 0.2) is 10.5 Å². The summed E-state index contributed by atoms with van der Waals surface area (Å²) in [5.74, 6) is -0.522. The van der Waals surface area contributed by atoms with E-state index in [9.17, 15) is 4.79 Å². The summed E-state index contributed by atoms with van der Waals surface area (Å²) in [6.45, 7) is 5.54. The van der Waals surface area contributed by atoms with Crippen molar-refractivity contribution in [3.05, 3.63) is 47.0 Å². The fourth-order valence-electron chi connectivity index (χ4n) is 1.000. The van der Waals surface area contributed by atoms with Crippen molar-refractivity contribution in [3.63, 3.8) is 0 Å². The second-order valence-corrected chi connectivity index (χ2v) is 3.15. The van der Waals surface area contributed by atoms with Crippen LogP contribution in [0.2, 0.25) is 0 Å². The van der Waals surface area contributed by atoms with Gasteiger partial charge in [0.2, 0.25) is 5.39 Å². The molecule has 0 radical (unpaired) electrons. The van der Waals surface area contributed by atoms with Crippen LogP contribution in [0.15, 0.2) is 36.4 Å². The van der Waals surface area contributed by atoms with Gasteiger partial charge in [0.25, 0.3) is 0 Å². The molecule has 0 atom stereocenters. The van der Waals surface area contributed by atoms with Crippen LogP contribution in [-0.4, -0.2) is 12.6 Å². The number of carbonyl (C=O) groups is 1. The SMILES string of the molecule is C=C(C)COC(=O)c1ccccc1[N+]#N.[Cl-]. The molecule has 0 aromatic heterocycles. The number of carbonyl (C=O) groups excluding carboxylic acids is 1. The van der Waals surface area contributed by atoms with Gasteiger partial charge in [0.05, 0.1) is 0 Å². The molecule has 0 N–H and O–H groups in total. The molecule has 0 heterocycles. The highest BCUT2D eigenvalue weighted by Crippen LogP contribution is 2.19. The third-order valence-electron chi connectivity index (χ3n) is 1.68. The molecule has 0 amide bonds. The van der Waals surface area contributed by atoms with Crippen LogP contribution >= 0.6 is 0 Å². The number of benzene rings is 1. The molecule has 1 aromatic rings. The minimum atomic E-state index is -0.522. The molecule has 0 aliphatic carbocycles. The van der Waals surface area contributed by atoms with Crippen LogP contribution in [0.5, 0.6) is 0 Å². The maximum atomic E-state index is 11.5. The normalized spacial score (nSPS) is 8.50. The van der Waals surface area contributed by atoms with Gasteiger partial charge in [-0.1, -0.05) is 18.7 Å². The minimum Gasteiger partial charge on any atom is -1.00 e. The van der Waals surface area contributed by atoms with Crippen LogP contribution in [-0.2, 0) is 4.74 Å². The summed E-state index contributed by atoms with van der Waals surface area (Å²) in [7, 11) is 0. The molecule has 0 bridgehead atoms. The minimum absolute atomic E-state index is 0. The molecule has 4 nitrogen and oxygen atoms in total. The van der Waals surface area contributed by atoms with E-state index >= 15 is 0 Å². The van der Waals surface area contributed by atoms with Crippen LogP contribution in [0, 0.1) is 5.39 Å². The maximum absolute atomic E-state index is 11.5. The summed E-state index contributed by atoms with van der Waals surface area (Å²) in [6.07, 6.45) is 0. The lowest BCUT2D eigenvalue weighted by molar-refractivity contribution is -0.0000198. The smallest absolute Gasteiger partial charge is 0.399 e. The Balaban J connectivity index is 0.00000225. The zero-order chi connectivity index (χ0) is 11.3. The van der Waals surface area contributed by atoms with E-state index in [2.05, 4.69) is 11.6 Å². The molecule has 0 aliphatic heterocycles. The Morgan fingerprint density at radius 1 is 1.50 bits per heavy atom. The lowest BCUT2D eigenvalue weighted by Crippen LogP contribution is -3.00. The number of diazo groups is 1. The molecular formula is C11H11ClN2O2. The van der Waals surface area contributed by atoms with E-state index in [0.717, 1.165) is 5.57 Å². The first-order valence-electron chi connectivity index (χ1n) is 4.40. The van der Waals surface area contributed by atoms with E-state index < -0.39 is 5.97 Å². The molecule has 0 saturated carbocycles. The van der Waals surface area contributed by atoms with Gasteiger partial charge in [-0.25, -0.2) is 4.79 Å². The molecule has 0 aliphatic rings. The zero-order valence-corrected chi connectivity index (χ0v) is 9.57. The maximum Gasteiger partial charge on any atom is 0.399 e. The van der Waals surface area contributed by atoms with Gasteiger partial charge in [-0.15, -0.1) is 0 Å². The van der Waals surface area contributed by atoms with Gasteiger partial charge in [-0.3, -0.25) is 0 Å². The lowest BCUT2D eigenvalue weighted by Gasteiger charge is -2.01. The average Bonchev–Trinajstić information content (AvgIpc) is 2.25. The van der Waals surface area contributed by atoms with E-state index in [1.165, 1.54) is 12.1 Å². The van der Waals surface area contributed by atoms with Crippen molar-refractivity contribution in [3.8, 4) is 0 Å². The predicted molar refractivity (Wildman–Crippen MR) is 56.3 cm³/mol. The van der Waals surface area contributed by atoms with E-state index in [1.54, 1.807) is 19.1 Å². The molecule has 0 spiro atoms. The van der Waals surface area contributed by atoms with Crippen molar-refractivity contribution in [2.45, 2.75) is 6.92 Å². The Morgan fingerprint density at radius 3 is 2.69 bits per heavy atom. The first kappa shape index (κ1) is 14.1. The number of esters is 1. The summed E-state index contributed by atoms with van der Waals surface area (Å²) in [4.78, 5) is 14.5. The summed E-state index contributed by atoms with van der Waals surface area (Å²) in [6, 6.07) is 6.41. The molecule has 0 saturated heterocycles. The highest BCUT2D eigenvalue weighted by Gasteiger charge is 2.20. The Kier molecular flexibility index (Phi) is 5.83. The van der Waals surface area contributed by atoms with E-state index in [4.69, 9.17) is 10.1 Å². The molecule has 5 heteroatoms. The third kappa shape index (κ3) is 3.71. The van der Waals surface area contributed by atoms with Crippen LogP contribution in [0.25, 0.3) is 4.98 Å². The Hall–Kier alpha value is -1.86. The van der Waals surface area contributed by atoms with Crippen molar-refractivity contribution in [2.24, 2.45) is 0 Å². The number of hydrogen-bond donors (Lipinski definition) is 0. The highest BCUT2D eigenvalue weighted by molar-refractivity contribution is 5.95. The monoisotopic (exact) mass is 238 g/mol. The number of halogens is 1. The van der Waals surface area contributed by atoms with Gasteiger partial charge < -0.3 is 17.1 Å². The number of nitrogens with zero attached hydrogens (tertiary/aromatic N) is 2. The van der Waals surface area contributed by atoms with Gasteiger partial charge in [0.1, 0.15) is 6.61 Å². The summed E-state index contributed by atoms with van der Waals surface area (Å²) >= 11 is 0.